The second-order valence-corrected chi connectivity index (χ2v) is 7.87. The minimum atomic E-state index is -5.08. The van der Waals surface area contributed by atoms with Crippen LogP contribution in [0.5, 0.6) is 0 Å². The maximum absolute atomic E-state index is 10.6. The van der Waals surface area contributed by atoms with Crippen molar-refractivity contribution < 1.29 is 32.5 Å². The maximum atomic E-state index is 10.6. The highest BCUT2D eigenvalue weighted by Crippen LogP contribution is 2.27. The van der Waals surface area contributed by atoms with E-state index in [0.717, 1.165) is 25.9 Å². The molecule has 11 heteroatoms. The Morgan fingerprint density at radius 1 is 1.40 bits per heavy atom. The minimum Gasteiger partial charge on any atom is -0.475 e. The van der Waals surface area contributed by atoms with E-state index in [1.165, 1.54) is 10.4 Å². The molecule has 2 atom stereocenters. The van der Waals surface area contributed by atoms with Crippen LogP contribution in [0, 0.1) is 0 Å². The summed E-state index contributed by atoms with van der Waals surface area (Å²) in [6, 6.07) is 4.74. The van der Waals surface area contributed by atoms with Crippen molar-refractivity contribution in [1.29, 1.82) is 0 Å². The third-order valence-electron chi connectivity index (χ3n) is 4.60. The van der Waals surface area contributed by atoms with E-state index < -0.39 is 12.1 Å². The fraction of sp³-hybridized carbons (Fsp3) is 0.579. The molecule has 0 bridgehead atoms. The molecule has 0 aliphatic carbocycles. The summed E-state index contributed by atoms with van der Waals surface area (Å²) in [4.78, 5) is 12.9. The van der Waals surface area contributed by atoms with Gasteiger partial charge in [-0.25, -0.2) is 4.79 Å². The van der Waals surface area contributed by atoms with Gasteiger partial charge in [-0.2, -0.15) is 18.3 Å². The zero-order valence-corrected chi connectivity index (χ0v) is 17.7. The number of hydrogen-bond donors (Lipinski definition) is 1. The number of carboxylic acids is 1. The van der Waals surface area contributed by atoms with E-state index in [4.69, 9.17) is 19.4 Å². The SMILES string of the molecule is COCCO[C@H]1CCN(Cc2cccs2)[C@H]1Cc1cnn(C)c1.O=C(O)C(F)(F)F. The lowest BCUT2D eigenvalue weighted by Gasteiger charge is -2.27. The lowest BCUT2D eigenvalue weighted by Crippen LogP contribution is -2.38. The van der Waals surface area contributed by atoms with Gasteiger partial charge in [-0.3, -0.25) is 9.58 Å². The smallest absolute Gasteiger partial charge is 0.475 e. The monoisotopic (exact) mass is 449 g/mol. The summed E-state index contributed by atoms with van der Waals surface area (Å²) in [6.07, 6.45) is 1.32. The van der Waals surface area contributed by atoms with Crippen LogP contribution in [0.1, 0.15) is 16.9 Å². The first-order valence-electron chi connectivity index (χ1n) is 9.35. The maximum Gasteiger partial charge on any atom is 0.490 e. The topological polar surface area (TPSA) is 76.8 Å². The molecule has 1 saturated heterocycles. The van der Waals surface area contributed by atoms with Crippen LogP contribution in [0.15, 0.2) is 29.9 Å². The van der Waals surface area contributed by atoms with Gasteiger partial charge in [-0.1, -0.05) is 6.07 Å². The number of thiophene rings is 1. The first kappa shape index (κ1) is 24.3. The predicted molar refractivity (Wildman–Crippen MR) is 105 cm³/mol. The molecule has 3 heterocycles. The Balaban J connectivity index is 0.000000396. The van der Waals surface area contributed by atoms with Gasteiger partial charge in [0.1, 0.15) is 0 Å². The van der Waals surface area contributed by atoms with Gasteiger partial charge in [-0.05, 0) is 29.9 Å². The van der Waals surface area contributed by atoms with Crippen molar-refractivity contribution in [2.75, 3.05) is 26.9 Å². The van der Waals surface area contributed by atoms with Crippen LogP contribution < -0.4 is 0 Å². The number of ether oxygens (including phenoxy) is 2. The fourth-order valence-electron chi connectivity index (χ4n) is 3.24. The van der Waals surface area contributed by atoms with E-state index in [9.17, 15) is 13.2 Å². The van der Waals surface area contributed by atoms with Crippen molar-refractivity contribution in [3.63, 3.8) is 0 Å². The summed E-state index contributed by atoms with van der Waals surface area (Å²) in [7, 11) is 3.68. The highest BCUT2D eigenvalue weighted by Gasteiger charge is 2.38. The molecule has 7 nitrogen and oxygen atoms in total. The minimum absolute atomic E-state index is 0.269. The molecule has 1 aliphatic heterocycles. The number of halogens is 3. The van der Waals surface area contributed by atoms with Crippen molar-refractivity contribution in [1.82, 2.24) is 14.7 Å². The van der Waals surface area contributed by atoms with Crippen molar-refractivity contribution in [2.24, 2.45) is 7.05 Å². The van der Waals surface area contributed by atoms with Crippen LogP contribution >= 0.6 is 11.3 Å². The molecule has 2 aromatic rings. The molecule has 30 heavy (non-hydrogen) atoms. The average Bonchev–Trinajstić information content (AvgIpc) is 3.40. The predicted octanol–water partition coefficient (Wildman–Crippen LogP) is 2.96. The van der Waals surface area contributed by atoms with E-state index in [1.807, 2.05) is 29.3 Å². The molecule has 1 aliphatic rings. The molecule has 2 aromatic heterocycles. The molecular weight excluding hydrogens is 423 g/mol. The second-order valence-electron chi connectivity index (χ2n) is 6.84. The fourth-order valence-corrected chi connectivity index (χ4v) is 3.97. The first-order valence-corrected chi connectivity index (χ1v) is 10.2. The highest BCUT2D eigenvalue weighted by atomic mass is 32.1. The summed E-state index contributed by atoms with van der Waals surface area (Å²) < 4.78 is 44.8. The van der Waals surface area contributed by atoms with Crippen LogP contribution in [0.25, 0.3) is 0 Å². The van der Waals surface area contributed by atoms with Crippen LogP contribution in [-0.4, -0.2) is 70.9 Å². The normalized spacial score (nSPS) is 19.5. The number of likely N-dealkylation sites (tertiary alicyclic amines) is 1. The Kier molecular flexibility index (Phi) is 9.28. The number of hydrogen-bond acceptors (Lipinski definition) is 6. The number of aryl methyl sites for hydroxylation is 1. The zero-order chi connectivity index (χ0) is 22.1. The van der Waals surface area contributed by atoms with Crippen LogP contribution in [0.4, 0.5) is 13.2 Å². The molecule has 1 fully saturated rings. The molecule has 0 aromatic carbocycles. The van der Waals surface area contributed by atoms with E-state index >= 15 is 0 Å². The summed E-state index contributed by atoms with van der Waals surface area (Å²) in [6.45, 7) is 3.41. The Morgan fingerprint density at radius 2 is 2.13 bits per heavy atom. The van der Waals surface area contributed by atoms with Gasteiger partial charge in [0.15, 0.2) is 0 Å². The summed E-state index contributed by atoms with van der Waals surface area (Å²) >= 11 is 1.83. The van der Waals surface area contributed by atoms with Gasteiger partial charge in [-0.15, -0.1) is 11.3 Å². The standard InChI is InChI=1S/C17H25N3O2S.C2HF3O2/c1-19-12-14(11-18-19)10-16-17(22-8-7-21-2)5-6-20(16)13-15-4-3-9-23-15;3-2(4,5)1(6)7/h3-4,9,11-12,16-17H,5-8,10,13H2,1-2H3;(H,6,7)/t16-,17-;/m0./s1. The molecule has 0 saturated carbocycles. The molecular formula is C19H26F3N3O4S. The number of alkyl halides is 3. The third kappa shape index (κ3) is 7.71. The van der Waals surface area contributed by atoms with Crippen molar-refractivity contribution in [3.8, 4) is 0 Å². The number of carboxylic acid groups (broad SMARTS) is 1. The number of carbonyl (C=O) groups is 1. The van der Waals surface area contributed by atoms with Crippen molar-refractivity contribution in [2.45, 2.75) is 37.7 Å². The van der Waals surface area contributed by atoms with E-state index in [1.54, 1.807) is 7.11 Å². The molecule has 0 unspecified atom stereocenters. The molecule has 0 amide bonds. The number of nitrogens with zero attached hydrogens (tertiary/aromatic N) is 3. The van der Waals surface area contributed by atoms with Crippen LogP contribution in [-0.2, 0) is 34.3 Å². The summed E-state index contributed by atoms with van der Waals surface area (Å²) in [5.74, 6) is -2.76. The zero-order valence-electron chi connectivity index (χ0n) is 16.8. The highest BCUT2D eigenvalue weighted by molar-refractivity contribution is 7.09. The number of aliphatic carboxylic acids is 1. The molecule has 3 rings (SSSR count). The van der Waals surface area contributed by atoms with E-state index in [0.29, 0.717) is 19.3 Å². The molecule has 1 N–H and O–H groups in total. The Hall–Kier alpha value is -1.95. The second kappa shape index (κ2) is 11.4. The largest absolute Gasteiger partial charge is 0.490 e. The van der Waals surface area contributed by atoms with Crippen molar-refractivity contribution in [3.05, 3.63) is 40.3 Å². The Morgan fingerprint density at radius 3 is 2.67 bits per heavy atom. The number of rotatable bonds is 8. The Bertz CT molecular complexity index is 767. The van der Waals surface area contributed by atoms with Gasteiger partial charge in [0.25, 0.3) is 0 Å². The van der Waals surface area contributed by atoms with E-state index in [-0.39, 0.29) is 6.10 Å². The summed E-state index contributed by atoms with van der Waals surface area (Å²) in [5, 5.41) is 13.6. The van der Waals surface area contributed by atoms with Crippen molar-refractivity contribution >= 4 is 17.3 Å². The molecule has 0 spiro atoms. The van der Waals surface area contributed by atoms with E-state index in [2.05, 4.69) is 33.7 Å². The number of methoxy groups -OCH3 is 1. The first-order chi connectivity index (χ1) is 14.2. The van der Waals surface area contributed by atoms with Crippen LogP contribution in [0.3, 0.4) is 0 Å². The third-order valence-corrected chi connectivity index (χ3v) is 5.46. The van der Waals surface area contributed by atoms with Gasteiger partial charge >= 0.3 is 12.1 Å². The lowest BCUT2D eigenvalue weighted by molar-refractivity contribution is -0.192. The van der Waals surface area contributed by atoms with Gasteiger partial charge in [0.2, 0.25) is 0 Å². The van der Waals surface area contributed by atoms with Gasteiger partial charge in [0.05, 0.1) is 25.5 Å². The lowest BCUT2D eigenvalue weighted by atomic mass is 10.0. The Labute approximate surface area is 177 Å². The number of aromatic nitrogens is 2. The molecule has 168 valence electrons. The molecule has 0 radical (unpaired) electrons. The van der Waals surface area contributed by atoms with Gasteiger partial charge in [0, 0.05) is 44.4 Å². The average molecular weight is 449 g/mol. The van der Waals surface area contributed by atoms with Crippen LogP contribution in [0.2, 0.25) is 0 Å². The van der Waals surface area contributed by atoms with Gasteiger partial charge < -0.3 is 14.6 Å². The summed E-state index contributed by atoms with van der Waals surface area (Å²) in [5.41, 5.74) is 1.27. The quantitative estimate of drug-likeness (QED) is 0.625.